The van der Waals surface area contributed by atoms with Crippen molar-refractivity contribution in [2.45, 2.75) is 123 Å². The number of ether oxygens (including phenoxy) is 9. The van der Waals surface area contributed by atoms with E-state index in [2.05, 4.69) is 0 Å². The van der Waals surface area contributed by atoms with Crippen molar-refractivity contribution in [1.29, 1.82) is 0 Å². The topological polar surface area (TPSA) is 326 Å². The van der Waals surface area contributed by atoms with Crippen molar-refractivity contribution in [3.63, 3.8) is 0 Å². The van der Waals surface area contributed by atoms with Gasteiger partial charge < -0.3 is 104 Å². The third-order valence-corrected chi connectivity index (χ3v) is 8.45. The van der Waals surface area contributed by atoms with Crippen LogP contribution >= 0.6 is 0 Å². The summed E-state index contributed by atoms with van der Waals surface area (Å²) in [4.78, 5) is 0. The normalized spacial score (nSPS) is 54.0. The molecule has 21 heteroatoms. The molecule has 5 heterocycles. The van der Waals surface area contributed by atoms with Crippen LogP contribution in [0.2, 0.25) is 0 Å². The lowest BCUT2D eigenvalue weighted by atomic mass is 10.0. The number of aliphatic hydroxyl groups excluding tert-OH is 12. The third-order valence-electron chi connectivity index (χ3n) is 8.45. The van der Waals surface area contributed by atoms with Crippen LogP contribution < -0.4 is 0 Å². The molecular weight excluding hydrogens is 636 g/mol. The predicted octanol–water partition coefficient (Wildman–Crippen LogP) is -8.73. The predicted molar refractivity (Wildman–Crippen MR) is 136 cm³/mol. The second kappa shape index (κ2) is 15.4. The molecule has 0 saturated carbocycles. The van der Waals surface area contributed by atoms with Gasteiger partial charge in [0, 0.05) is 0 Å². The van der Waals surface area contributed by atoms with Crippen molar-refractivity contribution in [2.75, 3.05) is 33.0 Å². The summed E-state index contributed by atoms with van der Waals surface area (Å²) in [5.41, 5.74) is 0. The average molecular weight is 679 g/mol. The Kier molecular flexibility index (Phi) is 12.2. The van der Waals surface area contributed by atoms with E-state index in [0.717, 1.165) is 0 Å². The van der Waals surface area contributed by atoms with Gasteiger partial charge in [-0.3, -0.25) is 0 Å². The van der Waals surface area contributed by atoms with Gasteiger partial charge in [0.15, 0.2) is 31.5 Å². The van der Waals surface area contributed by atoms with Crippen LogP contribution in [0, 0.1) is 0 Å². The number of aliphatic hydroxyl groups is 12. The lowest BCUT2D eigenvalue weighted by molar-refractivity contribution is -0.362. The third kappa shape index (κ3) is 7.65. The zero-order chi connectivity index (χ0) is 33.4. The van der Waals surface area contributed by atoms with Gasteiger partial charge in [0.2, 0.25) is 0 Å². The molecule has 0 bridgehead atoms. The minimum atomic E-state index is -1.78. The molecular formula is C25H42O21. The van der Waals surface area contributed by atoms with Crippen LogP contribution in [-0.2, 0) is 42.6 Å². The molecule has 21 nitrogen and oxygen atoms in total. The number of hydrogen-bond donors (Lipinski definition) is 12. The van der Waals surface area contributed by atoms with Crippen molar-refractivity contribution in [2.24, 2.45) is 0 Å². The minimum absolute atomic E-state index is 0.349. The van der Waals surface area contributed by atoms with E-state index in [9.17, 15) is 61.3 Å². The zero-order valence-electron chi connectivity index (χ0n) is 24.1. The van der Waals surface area contributed by atoms with Crippen LogP contribution in [-0.4, -0.2) is 217 Å². The first kappa shape index (κ1) is 36.4. The van der Waals surface area contributed by atoms with Crippen LogP contribution in [0.3, 0.4) is 0 Å². The fraction of sp³-hybridized carbons (Fsp3) is 1.00. The lowest BCUT2D eigenvalue weighted by Gasteiger charge is -2.45. The van der Waals surface area contributed by atoms with E-state index in [1.807, 2.05) is 0 Å². The Morgan fingerprint density at radius 2 is 0.587 bits per heavy atom. The number of rotatable bonds is 8. The lowest BCUT2D eigenvalue weighted by Crippen LogP contribution is -2.63. The van der Waals surface area contributed by atoms with Gasteiger partial charge in [-0.1, -0.05) is 0 Å². The van der Waals surface area contributed by atoms with Gasteiger partial charge in [-0.05, 0) is 0 Å². The molecule has 12 N–H and O–H groups in total. The summed E-state index contributed by atoms with van der Waals surface area (Å²) in [6.45, 7) is -1.94. The molecule has 0 aliphatic carbocycles. The largest absolute Gasteiger partial charge is 0.388 e. The Morgan fingerprint density at radius 1 is 0.304 bits per heavy atom. The van der Waals surface area contributed by atoms with Crippen LogP contribution in [0.4, 0.5) is 0 Å². The molecule has 0 aromatic rings. The van der Waals surface area contributed by atoms with Crippen molar-refractivity contribution < 1.29 is 104 Å². The smallest absolute Gasteiger partial charge is 0.186 e. The maximum atomic E-state index is 10.7. The van der Waals surface area contributed by atoms with E-state index >= 15 is 0 Å². The van der Waals surface area contributed by atoms with Crippen molar-refractivity contribution in [1.82, 2.24) is 0 Å². The van der Waals surface area contributed by atoms with E-state index in [4.69, 9.17) is 42.6 Å². The fourth-order valence-corrected chi connectivity index (χ4v) is 5.51. The molecule has 5 fully saturated rings. The van der Waals surface area contributed by atoms with Gasteiger partial charge in [0.25, 0.3) is 0 Å². The van der Waals surface area contributed by atoms with Crippen molar-refractivity contribution in [3.05, 3.63) is 0 Å². The van der Waals surface area contributed by atoms with E-state index in [0.29, 0.717) is 0 Å². The highest BCUT2D eigenvalue weighted by Gasteiger charge is 2.50. The molecule has 0 spiro atoms. The van der Waals surface area contributed by atoms with Gasteiger partial charge in [0.05, 0.1) is 33.0 Å². The van der Waals surface area contributed by atoms with Gasteiger partial charge in [-0.15, -0.1) is 0 Å². The Bertz CT molecular complexity index is 891. The Labute approximate surface area is 260 Å². The van der Waals surface area contributed by atoms with Crippen molar-refractivity contribution >= 4 is 0 Å². The number of hydrogen-bond acceptors (Lipinski definition) is 21. The highest BCUT2D eigenvalue weighted by molar-refractivity contribution is 4.92. The molecule has 0 radical (unpaired) electrons. The van der Waals surface area contributed by atoms with E-state index in [1.54, 1.807) is 0 Å². The summed E-state index contributed by atoms with van der Waals surface area (Å²) >= 11 is 0. The average Bonchev–Trinajstić information content (AvgIpc) is 3.03. The molecule has 0 aromatic carbocycles. The second-order valence-electron chi connectivity index (χ2n) is 11.7. The van der Waals surface area contributed by atoms with E-state index in [-0.39, 0.29) is 13.2 Å². The maximum absolute atomic E-state index is 10.7. The van der Waals surface area contributed by atoms with Crippen LogP contribution in [0.1, 0.15) is 0 Å². The molecule has 20 atom stereocenters. The molecule has 46 heavy (non-hydrogen) atoms. The van der Waals surface area contributed by atoms with E-state index in [1.165, 1.54) is 0 Å². The fourth-order valence-electron chi connectivity index (χ4n) is 5.51. The van der Waals surface area contributed by atoms with Crippen LogP contribution in [0.15, 0.2) is 0 Å². The molecule has 5 rings (SSSR count). The Morgan fingerprint density at radius 3 is 0.957 bits per heavy atom. The summed E-state index contributed by atoms with van der Waals surface area (Å²) in [5.74, 6) is 0. The molecule has 0 unspecified atom stereocenters. The first-order valence-corrected chi connectivity index (χ1v) is 14.6. The monoisotopic (exact) mass is 678 g/mol. The summed E-state index contributed by atoms with van der Waals surface area (Å²) in [6, 6.07) is 0. The Balaban J connectivity index is 1.08. The summed E-state index contributed by atoms with van der Waals surface area (Å²) < 4.78 is 48.2. The zero-order valence-corrected chi connectivity index (χ0v) is 24.1. The SMILES string of the molecule is O[C@@H]1[C@@H](O)[C@H](O[C@@H]2CO[C@@H](O[C@@H]3CO[C@@H](O[C@@H]4CO[C@@H](O[C@@H]5CO[C@@H](O)[C@H](O)[C@H]5O)[C@H](O)[C@H]4O)[C@H](O)[C@H]3O)[C@H](O)[C@H]2O)OC[C@H]1O. The van der Waals surface area contributed by atoms with Gasteiger partial charge in [0.1, 0.15) is 91.6 Å². The quantitative estimate of drug-likeness (QED) is 0.113. The van der Waals surface area contributed by atoms with Gasteiger partial charge in [-0.25, -0.2) is 0 Å². The molecule has 0 amide bonds. The van der Waals surface area contributed by atoms with Crippen LogP contribution in [0.5, 0.6) is 0 Å². The molecule has 5 saturated heterocycles. The highest BCUT2D eigenvalue weighted by Crippen LogP contribution is 2.30. The second-order valence-corrected chi connectivity index (χ2v) is 11.7. The molecule has 5 aliphatic heterocycles. The summed E-state index contributed by atoms with van der Waals surface area (Å²) in [5, 5.41) is 122. The van der Waals surface area contributed by atoms with E-state index < -0.39 is 143 Å². The molecule has 268 valence electrons. The standard InChI is InChI=1S/C25H42O21/c26-6-1-39-22(17(33)11(6)27)44-8-3-41-24(19(35)13(8)29)46-10-5-42-25(20(36)15(10)31)45-9-4-40-23(18(34)14(9)30)43-7-2-38-21(37)16(32)12(7)28/h6-37H,1-5H2/t6-,7-,8-,9-,10-,11+,12+,13+,14+,15+,16-,17-,18-,19-,20-,21-,22+,23+,24+,25+/m1/s1. The highest BCUT2D eigenvalue weighted by atomic mass is 16.8. The van der Waals surface area contributed by atoms with Crippen LogP contribution in [0.25, 0.3) is 0 Å². The van der Waals surface area contributed by atoms with Crippen molar-refractivity contribution in [3.8, 4) is 0 Å². The summed E-state index contributed by atoms with van der Waals surface area (Å²) in [7, 11) is 0. The maximum Gasteiger partial charge on any atom is 0.186 e. The molecule has 0 aromatic heterocycles. The Hall–Kier alpha value is -0.840. The van der Waals surface area contributed by atoms with Gasteiger partial charge in [-0.2, -0.15) is 0 Å². The first-order valence-electron chi connectivity index (χ1n) is 14.6. The first-order chi connectivity index (χ1) is 21.8. The summed E-state index contributed by atoms with van der Waals surface area (Å²) in [6.07, 6.45) is -30.9. The van der Waals surface area contributed by atoms with Gasteiger partial charge >= 0.3 is 0 Å². The molecule has 5 aliphatic rings. The minimum Gasteiger partial charge on any atom is -0.388 e.